The minimum Gasteiger partial charge on any atom is -0.464 e. The van der Waals surface area contributed by atoms with E-state index in [9.17, 15) is 14.0 Å². The van der Waals surface area contributed by atoms with Crippen LogP contribution in [0.3, 0.4) is 0 Å². The molecule has 0 aliphatic carbocycles. The molecule has 1 rings (SSSR count). The van der Waals surface area contributed by atoms with E-state index in [-0.39, 0.29) is 11.4 Å². The summed E-state index contributed by atoms with van der Waals surface area (Å²) in [4.78, 5) is 22.6. The van der Waals surface area contributed by atoms with Gasteiger partial charge in [-0.05, 0) is 6.92 Å². The van der Waals surface area contributed by atoms with Crippen LogP contribution in [0.1, 0.15) is 16.2 Å². The quantitative estimate of drug-likeness (QED) is 0.631. The molecule has 6 nitrogen and oxygen atoms in total. The predicted molar refractivity (Wildman–Crippen MR) is 58.2 cm³/mol. The average Bonchev–Trinajstić information content (AvgIpc) is 2.53. The van der Waals surface area contributed by atoms with Crippen LogP contribution in [0.4, 0.5) is 10.1 Å². The van der Waals surface area contributed by atoms with Gasteiger partial charge in [0.15, 0.2) is 11.5 Å². The van der Waals surface area contributed by atoms with Crippen molar-refractivity contribution in [3.05, 3.63) is 23.8 Å². The topological polar surface area (TPSA) is 73.2 Å². The van der Waals surface area contributed by atoms with E-state index in [1.54, 1.807) is 6.92 Å². The molecule has 0 spiro atoms. The summed E-state index contributed by atoms with van der Waals surface area (Å²) in [5.74, 6) is -2.84. The Labute approximate surface area is 97.1 Å². The van der Waals surface area contributed by atoms with Gasteiger partial charge in [0.25, 0.3) is 5.91 Å². The Morgan fingerprint density at radius 1 is 1.53 bits per heavy atom. The van der Waals surface area contributed by atoms with E-state index < -0.39 is 17.7 Å². The highest BCUT2D eigenvalue weighted by molar-refractivity contribution is 6.06. The van der Waals surface area contributed by atoms with E-state index in [4.69, 9.17) is 0 Å². The normalized spacial score (nSPS) is 9.88. The Morgan fingerprint density at radius 3 is 2.59 bits per heavy atom. The number of hydrogen-bond donors (Lipinski definition) is 1. The van der Waals surface area contributed by atoms with E-state index in [0.29, 0.717) is 5.69 Å². The molecular weight excluding hydrogens is 229 g/mol. The lowest BCUT2D eigenvalue weighted by Gasteiger charge is -2.05. The zero-order valence-corrected chi connectivity index (χ0v) is 9.70. The summed E-state index contributed by atoms with van der Waals surface area (Å²) in [6, 6.07) is 0. The number of rotatable bonds is 3. The number of nitrogens with zero attached hydrogens (tertiary/aromatic N) is 2. The Morgan fingerprint density at radius 2 is 2.12 bits per heavy atom. The largest absolute Gasteiger partial charge is 0.464 e. The second-order valence-electron chi connectivity index (χ2n) is 3.28. The number of anilines is 1. The molecule has 0 atom stereocenters. The van der Waals surface area contributed by atoms with Crippen LogP contribution in [-0.2, 0) is 16.6 Å². The molecule has 0 fully saturated rings. The second-order valence-corrected chi connectivity index (χ2v) is 3.28. The van der Waals surface area contributed by atoms with E-state index in [0.717, 1.165) is 0 Å². The van der Waals surface area contributed by atoms with Crippen LogP contribution in [0.25, 0.3) is 0 Å². The first kappa shape index (κ1) is 12.9. The summed E-state index contributed by atoms with van der Waals surface area (Å²) in [5.41, 5.74) is 0.533. The Hall–Kier alpha value is -2.18. The van der Waals surface area contributed by atoms with Crippen molar-refractivity contribution in [1.29, 1.82) is 0 Å². The molecule has 0 radical (unpaired) electrons. The Kier molecular flexibility index (Phi) is 3.62. The summed E-state index contributed by atoms with van der Waals surface area (Å²) < 4.78 is 18.4. The minimum absolute atomic E-state index is 0.0413. The highest BCUT2D eigenvalue weighted by Crippen LogP contribution is 2.21. The summed E-state index contributed by atoms with van der Waals surface area (Å²) >= 11 is 0. The SMILES string of the molecule is C=C(F)C(=O)Nc1c(C)nn(C)c1C(=O)OC. The summed E-state index contributed by atoms with van der Waals surface area (Å²) in [5, 5.41) is 6.16. The first-order valence-electron chi connectivity index (χ1n) is 4.66. The van der Waals surface area contributed by atoms with Gasteiger partial charge in [-0.2, -0.15) is 5.10 Å². The van der Waals surface area contributed by atoms with Crippen molar-refractivity contribution in [1.82, 2.24) is 9.78 Å². The number of aromatic nitrogens is 2. The molecular formula is C10H12FN3O3. The molecule has 0 bridgehead atoms. The molecule has 0 aromatic carbocycles. The van der Waals surface area contributed by atoms with Gasteiger partial charge in [0, 0.05) is 7.05 Å². The standard InChI is InChI=1S/C10H12FN3O3/c1-5(11)9(15)12-7-6(2)13-14(3)8(7)10(16)17-4/h1H2,2-4H3,(H,12,15). The molecule has 1 N–H and O–H groups in total. The molecule has 0 saturated carbocycles. The van der Waals surface area contributed by atoms with Gasteiger partial charge in [0.2, 0.25) is 0 Å². The molecule has 0 aliphatic heterocycles. The highest BCUT2D eigenvalue weighted by atomic mass is 19.1. The van der Waals surface area contributed by atoms with Gasteiger partial charge < -0.3 is 10.1 Å². The van der Waals surface area contributed by atoms with Crippen molar-refractivity contribution in [3.63, 3.8) is 0 Å². The third-order valence-corrected chi connectivity index (χ3v) is 2.09. The first-order valence-corrected chi connectivity index (χ1v) is 4.66. The monoisotopic (exact) mass is 241 g/mol. The van der Waals surface area contributed by atoms with E-state index in [1.165, 1.54) is 18.8 Å². The van der Waals surface area contributed by atoms with Gasteiger partial charge in [0.1, 0.15) is 0 Å². The molecule has 0 unspecified atom stereocenters. The second kappa shape index (κ2) is 4.77. The zero-order valence-electron chi connectivity index (χ0n) is 9.70. The van der Waals surface area contributed by atoms with Gasteiger partial charge in [-0.3, -0.25) is 9.48 Å². The third-order valence-electron chi connectivity index (χ3n) is 2.09. The lowest BCUT2D eigenvalue weighted by molar-refractivity contribution is -0.114. The van der Waals surface area contributed by atoms with Crippen molar-refractivity contribution in [2.24, 2.45) is 7.05 Å². The Balaban J connectivity index is 3.18. The van der Waals surface area contributed by atoms with Gasteiger partial charge in [0.05, 0.1) is 18.5 Å². The number of esters is 1. The van der Waals surface area contributed by atoms with Crippen molar-refractivity contribution < 1.29 is 18.7 Å². The molecule has 1 amide bonds. The number of hydrogen-bond acceptors (Lipinski definition) is 4. The summed E-state index contributed by atoms with van der Waals surface area (Å²) in [6.45, 7) is 4.43. The number of aryl methyl sites for hydroxylation is 2. The van der Waals surface area contributed by atoms with Crippen LogP contribution >= 0.6 is 0 Å². The highest BCUT2D eigenvalue weighted by Gasteiger charge is 2.22. The molecule has 7 heteroatoms. The zero-order chi connectivity index (χ0) is 13.2. The fourth-order valence-corrected chi connectivity index (χ4v) is 1.32. The van der Waals surface area contributed by atoms with Crippen molar-refractivity contribution >= 4 is 17.6 Å². The van der Waals surface area contributed by atoms with E-state index >= 15 is 0 Å². The lowest BCUT2D eigenvalue weighted by atomic mass is 10.3. The molecule has 1 aromatic rings. The number of nitrogens with one attached hydrogen (secondary N) is 1. The first-order chi connectivity index (χ1) is 7.88. The molecule has 0 saturated heterocycles. The Bertz CT molecular complexity index is 493. The average molecular weight is 241 g/mol. The maximum atomic E-state index is 12.6. The van der Waals surface area contributed by atoms with Crippen LogP contribution < -0.4 is 5.32 Å². The number of carbonyl (C=O) groups is 2. The lowest BCUT2D eigenvalue weighted by Crippen LogP contribution is -2.16. The van der Waals surface area contributed by atoms with E-state index in [1.807, 2.05) is 0 Å². The van der Waals surface area contributed by atoms with Gasteiger partial charge in [-0.15, -0.1) is 0 Å². The maximum Gasteiger partial charge on any atom is 0.358 e. The van der Waals surface area contributed by atoms with Crippen LogP contribution in [0.5, 0.6) is 0 Å². The van der Waals surface area contributed by atoms with Gasteiger partial charge in [-0.1, -0.05) is 6.58 Å². The van der Waals surface area contributed by atoms with Crippen LogP contribution in [0, 0.1) is 6.92 Å². The third kappa shape index (κ3) is 2.49. The number of ether oxygens (including phenoxy) is 1. The van der Waals surface area contributed by atoms with Crippen LogP contribution in [0.15, 0.2) is 12.4 Å². The van der Waals surface area contributed by atoms with Crippen molar-refractivity contribution in [2.75, 3.05) is 12.4 Å². The molecule has 1 heterocycles. The number of methoxy groups -OCH3 is 1. The predicted octanol–water partition coefficient (Wildman–Crippen LogP) is 0.937. The fraction of sp³-hybridized carbons (Fsp3) is 0.300. The van der Waals surface area contributed by atoms with E-state index in [2.05, 4.69) is 21.7 Å². The summed E-state index contributed by atoms with van der Waals surface area (Å²) in [7, 11) is 2.71. The smallest absolute Gasteiger partial charge is 0.358 e. The number of halogens is 1. The molecule has 0 aliphatic rings. The van der Waals surface area contributed by atoms with Crippen molar-refractivity contribution in [2.45, 2.75) is 6.92 Å². The number of amides is 1. The maximum absolute atomic E-state index is 12.6. The molecule has 92 valence electrons. The fourth-order valence-electron chi connectivity index (χ4n) is 1.32. The van der Waals surface area contributed by atoms with Crippen LogP contribution in [-0.4, -0.2) is 28.8 Å². The molecule has 1 aromatic heterocycles. The van der Waals surface area contributed by atoms with Gasteiger partial charge >= 0.3 is 5.97 Å². The van der Waals surface area contributed by atoms with Crippen LogP contribution in [0.2, 0.25) is 0 Å². The van der Waals surface area contributed by atoms with Gasteiger partial charge in [-0.25, -0.2) is 9.18 Å². The minimum atomic E-state index is -1.15. The molecule has 17 heavy (non-hydrogen) atoms. The number of carbonyl (C=O) groups excluding carboxylic acids is 2. The summed E-state index contributed by atoms with van der Waals surface area (Å²) in [6.07, 6.45) is 0. The van der Waals surface area contributed by atoms with Crippen molar-refractivity contribution in [3.8, 4) is 0 Å².